The van der Waals surface area contributed by atoms with Gasteiger partial charge in [-0.1, -0.05) is 55.4 Å². The summed E-state index contributed by atoms with van der Waals surface area (Å²) in [6.45, 7) is 11.7. The summed E-state index contributed by atoms with van der Waals surface area (Å²) in [4.78, 5) is 174. The van der Waals surface area contributed by atoms with Crippen molar-refractivity contribution < 1.29 is 105 Å². The number of ether oxygens (including phenoxy) is 1. The number of imidazole rings is 1. The Morgan fingerprint density at radius 3 is 1.29 bits per heavy atom. The maximum atomic E-state index is 13.9. The van der Waals surface area contributed by atoms with Gasteiger partial charge in [-0.05, 0) is 36.4 Å². The van der Waals surface area contributed by atoms with E-state index < -0.39 is 222 Å². The number of hydrogen-bond donors (Lipinski definition) is 2. The second kappa shape index (κ2) is 34.1. The number of Topliss-reactive ketones (excluding diaryl/α,β-unsaturated/α-hetero) is 4. The van der Waals surface area contributed by atoms with Crippen molar-refractivity contribution in [1.82, 2.24) is 9.97 Å². The van der Waals surface area contributed by atoms with E-state index in [1.54, 1.807) is 0 Å². The Labute approximate surface area is 556 Å². The van der Waals surface area contributed by atoms with Crippen molar-refractivity contribution in [3.63, 3.8) is 0 Å². The number of nitro benzene ring substituents is 10. The van der Waals surface area contributed by atoms with Gasteiger partial charge < -0.3 is 9.72 Å². The molecule has 2 N–H and O–H groups in total. The van der Waals surface area contributed by atoms with Crippen LogP contribution in [0.2, 0.25) is 0 Å². The Balaban J connectivity index is 0.000000334. The maximum Gasteiger partial charge on any atom is 0.413 e. The zero-order chi connectivity index (χ0) is 77.4. The number of hydrogen-bond acceptors (Lipinski definition) is 28. The zero-order valence-electron chi connectivity index (χ0n) is 52.6. The van der Waals surface area contributed by atoms with Gasteiger partial charge in [-0.25, -0.2) is 9.78 Å². The minimum Gasteiger partial charge on any atom is -0.453 e. The molecule has 0 aliphatic carbocycles. The first-order valence-corrected chi connectivity index (χ1v) is 27.4. The van der Waals surface area contributed by atoms with Crippen molar-refractivity contribution in [3.05, 3.63) is 242 Å². The third-order valence-electron chi connectivity index (χ3n) is 12.8. The van der Waals surface area contributed by atoms with Gasteiger partial charge in [0.2, 0.25) is 23.4 Å². The van der Waals surface area contributed by atoms with Crippen molar-refractivity contribution in [2.24, 2.45) is 23.7 Å². The molecule has 45 heteroatoms. The van der Waals surface area contributed by atoms with Crippen LogP contribution in [0.25, 0.3) is 11.0 Å². The van der Waals surface area contributed by atoms with Gasteiger partial charge in [-0.3, -0.25) is 130 Å². The molecule has 6 aromatic carbocycles. The summed E-state index contributed by atoms with van der Waals surface area (Å²) in [6, 6.07) is 10.6. The lowest BCUT2D eigenvalue weighted by atomic mass is 9.97. The molecule has 0 saturated heterocycles. The molecule has 0 aliphatic rings. The smallest absolute Gasteiger partial charge is 0.413 e. The SMILES string of the molecule is CC(C)C(=O)c1c([N+](=O)[O-])ccc(F)c1[N+](=O)[O-].CC(C)C(=O)c1cc(F)c([N+](=O)[O-])cc1[N+](=O)[O-].CC(C)C(=O)c1cc([N+](=O)[O-])cc([N+](=O)[O-])c1F.CC(C)C(=O)c1ccc([N+](=O)[O-])c(F)c1[N+](=O)[O-].COC(=O)Nc1nc2ccc(C(=O)c3cc([N+](=O)[O-])c(F)c([N+](=O)[O-])c3)cc2[nH]1. The number of ketones is 5. The molecule has 0 fully saturated rings. The third kappa shape index (κ3) is 19.8. The van der Waals surface area contributed by atoms with Crippen LogP contribution in [0.4, 0.5) is 89.6 Å². The normalized spacial score (nSPS) is 10.5. The molecule has 532 valence electrons. The molecular formula is C56H46F5N13O27. The number of halogens is 5. The summed E-state index contributed by atoms with van der Waals surface area (Å²) in [5, 5.41) is 109. The average molecular weight is 1430 g/mol. The summed E-state index contributed by atoms with van der Waals surface area (Å²) in [7, 11) is 1.16. The number of nitrogens with zero attached hydrogens (tertiary/aromatic N) is 11. The van der Waals surface area contributed by atoms with Crippen molar-refractivity contribution in [2.75, 3.05) is 12.4 Å². The molecule has 0 unspecified atom stereocenters. The van der Waals surface area contributed by atoms with E-state index in [9.17, 15) is 152 Å². The van der Waals surface area contributed by atoms with Crippen molar-refractivity contribution in [1.29, 1.82) is 0 Å². The van der Waals surface area contributed by atoms with E-state index in [0.29, 0.717) is 53.5 Å². The second-order valence-corrected chi connectivity index (χ2v) is 21.0. The molecule has 0 spiro atoms. The van der Waals surface area contributed by atoms with Gasteiger partial charge in [0.1, 0.15) is 0 Å². The van der Waals surface area contributed by atoms with Crippen LogP contribution < -0.4 is 5.32 Å². The van der Waals surface area contributed by atoms with E-state index in [4.69, 9.17) is 0 Å². The Bertz CT molecular complexity index is 4570. The van der Waals surface area contributed by atoms with Gasteiger partial charge >= 0.3 is 45.9 Å². The van der Waals surface area contributed by atoms with Crippen LogP contribution in [0.5, 0.6) is 0 Å². The number of anilines is 1. The highest BCUT2D eigenvalue weighted by molar-refractivity contribution is 6.11. The van der Waals surface area contributed by atoms with E-state index in [0.717, 1.165) is 25.3 Å². The third-order valence-corrected chi connectivity index (χ3v) is 12.8. The van der Waals surface area contributed by atoms with Gasteiger partial charge in [-0.15, -0.1) is 0 Å². The number of rotatable bonds is 21. The van der Waals surface area contributed by atoms with E-state index in [1.807, 2.05) is 0 Å². The molecule has 1 aromatic heterocycles. The number of carbonyl (C=O) groups is 6. The second-order valence-electron chi connectivity index (χ2n) is 21.0. The van der Waals surface area contributed by atoms with Crippen LogP contribution in [0.15, 0.2) is 78.9 Å². The molecular weight excluding hydrogens is 1380 g/mol. The molecule has 101 heavy (non-hydrogen) atoms. The largest absolute Gasteiger partial charge is 0.453 e. The quantitative estimate of drug-likeness (QED) is 0.0292. The first-order valence-electron chi connectivity index (χ1n) is 27.4. The lowest BCUT2D eigenvalue weighted by molar-refractivity contribution is -0.399. The molecule has 0 aliphatic heterocycles. The van der Waals surface area contributed by atoms with Crippen LogP contribution in [-0.2, 0) is 4.74 Å². The minimum atomic E-state index is -1.64. The molecule has 0 atom stereocenters. The fourth-order valence-corrected chi connectivity index (χ4v) is 7.99. The van der Waals surface area contributed by atoms with Crippen molar-refractivity contribution in [2.45, 2.75) is 55.4 Å². The Morgan fingerprint density at radius 1 is 0.406 bits per heavy atom. The number of H-pyrrole nitrogens is 1. The zero-order valence-corrected chi connectivity index (χ0v) is 52.6. The number of amides is 1. The first kappa shape index (κ1) is 81.3. The summed E-state index contributed by atoms with van der Waals surface area (Å²) >= 11 is 0. The molecule has 7 rings (SSSR count). The number of nitrogens with one attached hydrogen (secondary N) is 2. The fraction of sp³-hybridized carbons (Fsp3) is 0.232. The predicted octanol–water partition coefficient (Wildman–Crippen LogP) is 12.9. The lowest BCUT2D eigenvalue weighted by Gasteiger charge is -2.06. The van der Waals surface area contributed by atoms with Gasteiger partial charge in [0.15, 0.2) is 34.5 Å². The van der Waals surface area contributed by atoms with E-state index in [-0.39, 0.29) is 11.5 Å². The lowest BCUT2D eigenvalue weighted by Crippen LogP contribution is -2.14. The highest BCUT2D eigenvalue weighted by atomic mass is 19.1. The van der Waals surface area contributed by atoms with Crippen LogP contribution in [0, 0.1) is 154 Å². The minimum absolute atomic E-state index is 0.000900. The highest BCUT2D eigenvalue weighted by Crippen LogP contribution is 2.36. The number of carbonyl (C=O) groups excluding carboxylic acids is 6. The molecule has 0 saturated carbocycles. The topological polar surface area (TPSA) is 584 Å². The van der Waals surface area contributed by atoms with Crippen LogP contribution in [0.3, 0.4) is 0 Å². The number of fused-ring (bicyclic) bond motifs is 1. The van der Waals surface area contributed by atoms with Crippen LogP contribution in [-0.4, -0.2) is 101 Å². The van der Waals surface area contributed by atoms with Gasteiger partial charge in [-0.2, -0.15) is 22.0 Å². The molecule has 0 bridgehead atoms. The van der Waals surface area contributed by atoms with Crippen LogP contribution >= 0.6 is 0 Å². The number of aromatic nitrogens is 2. The average Bonchev–Trinajstić information content (AvgIpc) is 1.43. The van der Waals surface area contributed by atoms with Gasteiger partial charge in [0, 0.05) is 65.1 Å². The summed E-state index contributed by atoms with van der Waals surface area (Å²) in [5.74, 6) is -13.2. The number of aromatic amines is 1. The number of methoxy groups -OCH3 is 1. The van der Waals surface area contributed by atoms with E-state index in [2.05, 4.69) is 20.0 Å². The number of non-ortho nitro benzene ring substituents is 1. The molecule has 7 aromatic rings. The molecule has 40 nitrogen and oxygen atoms in total. The Hall–Kier alpha value is -13.9. The summed E-state index contributed by atoms with van der Waals surface area (Å²) in [6.07, 6.45) is -0.772. The standard InChI is InChI=1S/C16H10FN5O7.4C10H9FN2O5/c1-29-16(24)20-15-18-9-3-2-7(4-10(9)19-15)14(23)8-5-11(21(25)26)13(17)12(6-8)22(27)28;1-5(2)10(14)6-3-7(11)9(13(17)18)4-8(6)12(15)16;1-5(2)10(14)7-3-6(12(15)16)4-8(9(7)11)13(17)18;1-5(2)10(14)8-7(12(15)16)4-3-6(11)9(8)13(17)18;1-5(2)10(14)6-3-4-7(12(15)16)8(11)9(6)13(17)18/h2-6H,1H3,(H2,18,19,20,24);4*3-5H,1-2H3. The predicted molar refractivity (Wildman–Crippen MR) is 331 cm³/mol. The van der Waals surface area contributed by atoms with E-state index in [1.165, 1.54) is 73.6 Å². The maximum absolute atomic E-state index is 13.9. The van der Waals surface area contributed by atoms with Crippen molar-refractivity contribution in [3.8, 4) is 0 Å². The van der Waals surface area contributed by atoms with E-state index >= 15 is 0 Å². The Morgan fingerprint density at radius 2 is 0.851 bits per heavy atom. The van der Waals surface area contributed by atoms with Gasteiger partial charge in [0.05, 0.1) is 96.2 Å². The monoisotopic (exact) mass is 1430 g/mol. The molecule has 1 heterocycles. The fourth-order valence-electron chi connectivity index (χ4n) is 7.99. The Kier molecular flexibility index (Phi) is 27.5. The summed E-state index contributed by atoms with van der Waals surface area (Å²) < 4.78 is 72.4. The van der Waals surface area contributed by atoms with Crippen molar-refractivity contribution >= 4 is 109 Å². The highest BCUT2D eigenvalue weighted by Gasteiger charge is 2.37. The number of nitro groups is 10. The number of benzene rings is 6. The molecule has 0 radical (unpaired) electrons. The van der Waals surface area contributed by atoms with Gasteiger partial charge in [0.25, 0.3) is 28.7 Å². The molecule has 1 amide bonds. The first-order chi connectivity index (χ1) is 46.7. The summed E-state index contributed by atoms with van der Waals surface area (Å²) in [5.41, 5.74) is -12.1. The van der Waals surface area contributed by atoms with Crippen LogP contribution in [0.1, 0.15) is 113 Å².